The molecule has 0 spiro atoms. The lowest BCUT2D eigenvalue weighted by molar-refractivity contribution is -0.383. The van der Waals surface area contributed by atoms with Crippen LogP contribution in [0.3, 0.4) is 0 Å². The zero-order chi connectivity index (χ0) is 13.3. The van der Waals surface area contributed by atoms with E-state index in [0.717, 1.165) is 0 Å². The minimum Gasteiger partial charge on any atom is -0.393 e. The van der Waals surface area contributed by atoms with Crippen molar-refractivity contribution in [1.29, 1.82) is 0 Å². The molecule has 0 amide bonds. The number of nitro groups is 1. The van der Waals surface area contributed by atoms with Gasteiger partial charge in [0.1, 0.15) is 11.4 Å². The molecule has 0 unspecified atom stereocenters. The summed E-state index contributed by atoms with van der Waals surface area (Å²) >= 11 is 0. The molecule has 0 radical (unpaired) electrons. The summed E-state index contributed by atoms with van der Waals surface area (Å²) in [5.41, 5.74) is 6.45. The Hall–Kier alpha value is -1.82. The van der Waals surface area contributed by atoms with E-state index in [2.05, 4.69) is 0 Å². The Morgan fingerprint density at radius 1 is 1.39 bits per heavy atom. The van der Waals surface area contributed by atoms with Crippen LogP contribution in [0.4, 0.5) is 17.1 Å². The average molecular weight is 251 g/mol. The number of nitrogen functional groups attached to an aromatic ring is 1. The lowest BCUT2D eigenvalue weighted by Crippen LogP contribution is -2.45. The highest BCUT2D eigenvalue weighted by atomic mass is 16.6. The van der Waals surface area contributed by atoms with Crippen LogP contribution in [0.25, 0.3) is 0 Å². The van der Waals surface area contributed by atoms with Gasteiger partial charge in [-0.05, 0) is 26.0 Å². The zero-order valence-electron chi connectivity index (χ0n) is 10.5. The van der Waals surface area contributed by atoms with Crippen LogP contribution in [-0.2, 0) is 4.74 Å². The van der Waals surface area contributed by atoms with E-state index in [0.29, 0.717) is 18.8 Å². The third-order valence-corrected chi connectivity index (χ3v) is 2.99. The molecular formula is C12H17N3O3. The maximum atomic E-state index is 11.1. The van der Waals surface area contributed by atoms with Gasteiger partial charge in [0.25, 0.3) is 0 Å². The van der Waals surface area contributed by atoms with Crippen molar-refractivity contribution in [3.63, 3.8) is 0 Å². The number of anilines is 2. The quantitative estimate of drug-likeness (QED) is 0.492. The molecule has 98 valence electrons. The molecule has 2 rings (SSSR count). The number of nitrogens with zero attached hydrogens (tertiary/aromatic N) is 2. The highest BCUT2D eigenvalue weighted by Crippen LogP contribution is 2.34. The van der Waals surface area contributed by atoms with Gasteiger partial charge < -0.3 is 15.4 Å². The van der Waals surface area contributed by atoms with Crippen LogP contribution in [0.15, 0.2) is 18.2 Å². The minimum atomic E-state index is -0.421. The number of hydrogen-bond acceptors (Lipinski definition) is 5. The van der Waals surface area contributed by atoms with E-state index in [1.807, 2.05) is 18.7 Å². The number of para-hydroxylation sites is 1. The third kappa shape index (κ3) is 2.38. The van der Waals surface area contributed by atoms with Crippen molar-refractivity contribution >= 4 is 17.1 Å². The van der Waals surface area contributed by atoms with Gasteiger partial charge in [0.05, 0.1) is 17.1 Å². The van der Waals surface area contributed by atoms with E-state index in [1.54, 1.807) is 18.2 Å². The summed E-state index contributed by atoms with van der Waals surface area (Å²) in [4.78, 5) is 12.7. The first kappa shape index (κ1) is 12.6. The molecule has 0 saturated carbocycles. The molecule has 0 aromatic heterocycles. The highest BCUT2D eigenvalue weighted by molar-refractivity contribution is 5.75. The van der Waals surface area contributed by atoms with Crippen LogP contribution in [0.1, 0.15) is 13.8 Å². The van der Waals surface area contributed by atoms with Gasteiger partial charge in [-0.25, -0.2) is 0 Å². The van der Waals surface area contributed by atoms with Crippen molar-refractivity contribution < 1.29 is 9.66 Å². The smallest absolute Gasteiger partial charge is 0.315 e. The summed E-state index contributed by atoms with van der Waals surface area (Å²) in [6, 6.07) is 5.02. The van der Waals surface area contributed by atoms with Crippen molar-refractivity contribution in [3.8, 4) is 0 Å². The average Bonchev–Trinajstić information content (AvgIpc) is 2.26. The number of hydrogen-bond donors (Lipinski definition) is 1. The third-order valence-electron chi connectivity index (χ3n) is 2.99. The van der Waals surface area contributed by atoms with E-state index in [1.165, 1.54) is 0 Å². The molecule has 1 aromatic rings. The molecule has 6 nitrogen and oxygen atoms in total. The van der Waals surface area contributed by atoms with Crippen LogP contribution >= 0.6 is 0 Å². The number of morpholine rings is 1. The summed E-state index contributed by atoms with van der Waals surface area (Å²) in [7, 11) is 0. The number of ether oxygens (including phenoxy) is 1. The first-order chi connectivity index (χ1) is 8.49. The van der Waals surface area contributed by atoms with E-state index >= 15 is 0 Å². The molecular weight excluding hydrogens is 234 g/mol. The van der Waals surface area contributed by atoms with Crippen LogP contribution in [0, 0.1) is 10.1 Å². The summed E-state index contributed by atoms with van der Waals surface area (Å²) in [6.07, 6.45) is 0.101. The number of benzene rings is 1. The molecule has 6 heteroatoms. The van der Waals surface area contributed by atoms with E-state index in [9.17, 15) is 10.1 Å². The maximum Gasteiger partial charge on any atom is 0.315 e. The van der Waals surface area contributed by atoms with E-state index < -0.39 is 4.92 Å². The Labute approximate surface area is 105 Å². The standard InChI is InChI=1S/C12H17N3O3/c1-8-6-14(7-9(2)18-8)11-5-3-4-10(13)12(11)15(16)17/h3-5,8-9H,6-7,13H2,1-2H3/t8-,9-/m0/s1. The fraction of sp³-hybridized carbons (Fsp3) is 0.500. The summed E-state index contributed by atoms with van der Waals surface area (Å²) < 4.78 is 5.63. The molecule has 1 fully saturated rings. The van der Waals surface area contributed by atoms with Gasteiger partial charge in [-0.15, -0.1) is 0 Å². The second-order valence-electron chi connectivity index (χ2n) is 4.63. The topological polar surface area (TPSA) is 81.6 Å². The number of nitrogens with two attached hydrogens (primary N) is 1. The van der Waals surface area contributed by atoms with E-state index in [4.69, 9.17) is 10.5 Å². The Morgan fingerprint density at radius 3 is 2.56 bits per heavy atom. The maximum absolute atomic E-state index is 11.1. The Kier molecular flexibility index (Phi) is 3.38. The molecule has 1 aliphatic heterocycles. The van der Waals surface area contributed by atoms with Gasteiger partial charge in [-0.2, -0.15) is 0 Å². The largest absolute Gasteiger partial charge is 0.393 e. The van der Waals surface area contributed by atoms with Gasteiger partial charge >= 0.3 is 5.69 Å². The lowest BCUT2D eigenvalue weighted by atomic mass is 10.1. The molecule has 1 aliphatic rings. The monoisotopic (exact) mass is 251 g/mol. The van der Waals surface area contributed by atoms with Crippen LogP contribution in [-0.4, -0.2) is 30.2 Å². The molecule has 18 heavy (non-hydrogen) atoms. The number of rotatable bonds is 2. The normalized spacial score (nSPS) is 24.0. The highest BCUT2D eigenvalue weighted by Gasteiger charge is 2.28. The lowest BCUT2D eigenvalue weighted by Gasteiger charge is -2.36. The van der Waals surface area contributed by atoms with Crippen molar-refractivity contribution in [1.82, 2.24) is 0 Å². The van der Waals surface area contributed by atoms with Gasteiger partial charge in [0, 0.05) is 13.1 Å². The van der Waals surface area contributed by atoms with Crippen LogP contribution in [0.5, 0.6) is 0 Å². The Bertz CT molecular complexity index is 454. The molecule has 1 heterocycles. The predicted molar refractivity (Wildman–Crippen MR) is 69.7 cm³/mol. The Morgan fingerprint density at radius 2 is 2.00 bits per heavy atom. The molecule has 2 atom stereocenters. The summed E-state index contributed by atoms with van der Waals surface area (Å²) in [5.74, 6) is 0. The van der Waals surface area contributed by atoms with Gasteiger partial charge in [-0.3, -0.25) is 10.1 Å². The van der Waals surface area contributed by atoms with Crippen molar-refractivity contribution in [2.45, 2.75) is 26.1 Å². The molecule has 0 bridgehead atoms. The first-order valence-corrected chi connectivity index (χ1v) is 5.92. The fourth-order valence-electron chi connectivity index (χ4n) is 2.38. The van der Waals surface area contributed by atoms with Crippen molar-refractivity contribution in [2.24, 2.45) is 0 Å². The fourth-order valence-corrected chi connectivity index (χ4v) is 2.38. The minimum absolute atomic E-state index is 0.0150. The van der Waals surface area contributed by atoms with Crippen LogP contribution in [0.2, 0.25) is 0 Å². The second kappa shape index (κ2) is 4.81. The van der Waals surface area contributed by atoms with Gasteiger partial charge in [-0.1, -0.05) is 6.07 Å². The predicted octanol–water partition coefficient (Wildman–Crippen LogP) is 1.79. The zero-order valence-corrected chi connectivity index (χ0v) is 10.5. The van der Waals surface area contributed by atoms with Crippen molar-refractivity contribution in [3.05, 3.63) is 28.3 Å². The first-order valence-electron chi connectivity index (χ1n) is 5.92. The van der Waals surface area contributed by atoms with Gasteiger partial charge in [0.2, 0.25) is 0 Å². The van der Waals surface area contributed by atoms with E-state index in [-0.39, 0.29) is 23.6 Å². The Balaban J connectivity index is 2.38. The SMILES string of the molecule is C[C@H]1CN(c2cccc(N)c2[N+](=O)[O-])C[C@H](C)O1. The summed E-state index contributed by atoms with van der Waals surface area (Å²) in [5, 5.41) is 11.1. The molecule has 2 N–H and O–H groups in total. The number of nitro benzene ring substituents is 1. The second-order valence-corrected chi connectivity index (χ2v) is 4.63. The van der Waals surface area contributed by atoms with Crippen LogP contribution < -0.4 is 10.6 Å². The van der Waals surface area contributed by atoms with Gasteiger partial charge in [0.15, 0.2) is 0 Å². The summed E-state index contributed by atoms with van der Waals surface area (Å²) in [6.45, 7) is 5.19. The molecule has 1 saturated heterocycles. The molecule has 1 aromatic carbocycles. The molecule has 0 aliphatic carbocycles. The van der Waals surface area contributed by atoms with Crippen molar-refractivity contribution in [2.75, 3.05) is 23.7 Å².